The fourth-order valence-electron chi connectivity index (χ4n) is 2.15. The molecule has 1 saturated heterocycles. The number of likely N-dealkylation sites (N-methyl/N-ethyl adjacent to an activating group) is 1. The summed E-state index contributed by atoms with van der Waals surface area (Å²) in [5.74, 6) is 0.0716. The number of carbonyl (C=O) groups is 1. The van der Waals surface area contributed by atoms with Crippen LogP contribution in [0.15, 0.2) is 18.2 Å². The Bertz CT molecular complexity index is 465. The summed E-state index contributed by atoms with van der Waals surface area (Å²) >= 11 is 11.9. The molecule has 1 atom stereocenters. The minimum atomic E-state index is -0.347. The predicted octanol–water partition coefficient (Wildman–Crippen LogP) is 2.83. The zero-order valence-electron chi connectivity index (χ0n) is 10.9. The lowest BCUT2D eigenvalue weighted by molar-refractivity contribution is -0.135. The number of nitrogens with zero attached hydrogens (tertiary/aromatic N) is 1. The maximum Gasteiger partial charge on any atom is 0.167 e. The van der Waals surface area contributed by atoms with Crippen molar-refractivity contribution in [3.05, 3.63) is 33.8 Å². The summed E-state index contributed by atoms with van der Waals surface area (Å²) < 4.78 is 5.55. The first-order valence-corrected chi connectivity index (χ1v) is 7.16. The fourth-order valence-corrected chi connectivity index (χ4v) is 2.63. The molecule has 1 heterocycles. The van der Waals surface area contributed by atoms with Crippen LogP contribution in [0.5, 0.6) is 0 Å². The highest BCUT2D eigenvalue weighted by atomic mass is 35.5. The molecule has 0 amide bonds. The van der Waals surface area contributed by atoms with E-state index in [1.54, 1.807) is 18.2 Å². The molecule has 1 fully saturated rings. The Balaban J connectivity index is 2.00. The van der Waals surface area contributed by atoms with Gasteiger partial charge in [0.15, 0.2) is 5.78 Å². The van der Waals surface area contributed by atoms with Crippen LogP contribution in [0.4, 0.5) is 0 Å². The van der Waals surface area contributed by atoms with Gasteiger partial charge in [0.1, 0.15) is 6.10 Å². The number of halogens is 2. The molecule has 0 aromatic heterocycles. The second kappa shape index (κ2) is 6.71. The van der Waals surface area contributed by atoms with Gasteiger partial charge in [-0.15, -0.1) is 0 Å². The SMILES string of the molecule is CCN1CCOC(C(=O)Cc2ccc(Cl)cc2Cl)C1. The second-order valence-corrected chi connectivity index (χ2v) is 5.48. The molecule has 19 heavy (non-hydrogen) atoms. The predicted molar refractivity (Wildman–Crippen MR) is 77.0 cm³/mol. The Morgan fingerprint density at radius 3 is 2.95 bits per heavy atom. The molecule has 1 aromatic rings. The van der Waals surface area contributed by atoms with Gasteiger partial charge in [-0.25, -0.2) is 0 Å². The summed E-state index contributed by atoms with van der Waals surface area (Å²) in [6, 6.07) is 5.20. The number of Topliss-reactive ketones (excluding diaryl/α,β-unsaturated/α-hetero) is 1. The lowest BCUT2D eigenvalue weighted by Crippen LogP contribution is -2.46. The molecule has 1 aliphatic heterocycles. The van der Waals surface area contributed by atoms with Crippen molar-refractivity contribution in [3.8, 4) is 0 Å². The zero-order chi connectivity index (χ0) is 13.8. The van der Waals surface area contributed by atoms with Crippen molar-refractivity contribution in [2.45, 2.75) is 19.4 Å². The molecular formula is C14H17Cl2NO2. The first kappa shape index (κ1) is 14.8. The molecule has 1 aromatic carbocycles. The van der Waals surface area contributed by atoms with E-state index in [9.17, 15) is 4.79 Å². The summed E-state index contributed by atoms with van der Waals surface area (Å²) in [4.78, 5) is 14.4. The molecule has 1 unspecified atom stereocenters. The van der Waals surface area contributed by atoms with E-state index >= 15 is 0 Å². The number of hydrogen-bond donors (Lipinski definition) is 0. The number of morpholine rings is 1. The van der Waals surface area contributed by atoms with Gasteiger partial charge in [-0.1, -0.05) is 36.2 Å². The normalized spacial score (nSPS) is 20.5. The topological polar surface area (TPSA) is 29.5 Å². The van der Waals surface area contributed by atoms with Crippen LogP contribution in [0.3, 0.4) is 0 Å². The number of hydrogen-bond acceptors (Lipinski definition) is 3. The molecule has 0 N–H and O–H groups in total. The van der Waals surface area contributed by atoms with Crippen molar-refractivity contribution < 1.29 is 9.53 Å². The lowest BCUT2D eigenvalue weighted by Gasteiger charge is -2.31. The summed E-state index contributed by atoms with van der Waals surface area (Å²) in [5.41, 5.74) is 0.799. The summed E-state index contributed by atoms with van der Waals surface area (Å²) in [6.45, 7) is 5.19. The van der Waals surface area contributed by atoms with Crippen LogP contribution in [0.1, 0.15) is 12.5 Å². The van der Waals surface area contributed by atoms with E-state index in [0.717, 1.165) is 18.7 Å². The van der Waals surface area contributed by atoms with Gasteiger partial charge in [-0.05, 0) is 24.2 Å². The molecule has 5 heteroatoms. The van der Waals surface area contributed by atoms with Crippen molar-refractivity contribution in [2.24, 2.45) is 0 Å². The van der Waals surface area contributed by atoms with Gasteiger partial charge >= 0.3 is 0 Å². The van der Waals surface area contributed by atoms with Crippen molar-refractivity contribution in [2.75, 3.05) is 26.2 Å². The summed E-state index contributed by atoms with van der Waals surface area (Å²) in [6.07, 6.45) is -0.0569. The average molecular weight is 302 g/mol. The average Bonchev–Trinajstić information content (AvgIpc) is 2.42. The molecule has 2 rings (SSSR count). The minimum Gasteiger partial charge on any atom is -0.368 e. The quantitative estimate of drug-likeness (QED) is 0.856. The van der Waals surface area contributed by atoms with E-state index in [-0.39, 0.29) is 18.3 Å². The highest BCUT2D eigenvalue weighted by Gasteiger charge is 2.26. The minimum absolute atomic E-state index is 0.0716. The standard InChI is InChI=1S/C14H17Cl2NO2/c1-2-17-5-6-19-14(9-17)13(18)7-10-3-4-11(15)8-12(10)16/h3-4,8,14H,2,5-7,9H2,1H3. The van der Waals surface area contributed by atoms with Crippen LogP contribution in [-0.2, 0) is 16.0 Å². The molecule has 0 saturated carbocycles. The molecule has 3 nitrogen and oxygen atoms in total. The van der Waals surface area contributed by atoms with Crippen molar-refractivity contribution in [1.29, 1.82) is 0 Å². The van der Waals surface area contributed by atoms with Gasteiger partial charge < -0.3 is 4.74 Å². The first-order chi connectivity index (χ1) is 9.10. The summed E-state index contributed by atoms with van der Waals surface area (Å²) in [7, 11) is 0. The Morgan fingerprint density at radius 2 is 2.26 bits per heavy atom. The van der Waals surface area contributed by atoms with E-state index in [1.165, 1.54) is 0 Å². The number of benzene rings is 1. The monoisotopic (exact) mass is 301 g/mol. The molecule has 0 spiro atoms. The molecule has 1 aliphatic rings. The van der Waals surface area contributed by atoms with Crippen LogP contribution in [0.2, 0.25) is 10.0 Å². The van der Waals surface area contributed by atoms with Gasteiger partial charge in [0, 0.05) is 29.6 Å². The maximum absolute atomic E-state index is 12.2. The molecular weight excluding hydrogens is 285 g/mol. The van der Waals surface area contributed by atoms with Crippen LogP contribution < -0.4 is 0 Å². The number of ketones is 1. The first-order valence-electron chi connectivity index (χ1n) is 6.40. The molecule has 0 bridgehead atoms. The molecule has 0 aliphatic carbocycles. The Hall–Kier alpha value is -0.610. The molecule has 104 valence electrons. The van der Waals surface area contributed by atoms with Crippen molar-refractivity contribution in [3.63, 3.8) is 0 Å². The largest absolute Gasteiger partial charge is 0.368 e. The van der Waals surface area contributed by atoms with Gasteiger partial charge in [-0.2, -0.15) is 0 Å². The van der Waals surface area contributed by atoms with Crippen LogP contribution in [0.25, 0.3) is 0 Å². The fraction of sp³-hybridized carbons (Fsp3) is 0.500. The lowest BCUT2D eigenvalue weighted by atomic mass is 10.0. The third-order valence-corrected chi connectivity index (χ3v) is 3.92. The Morgan fingerprint density at radius 1 is 1.47 bits per heavy atom. The van der Waals surface area contributed by atoms with E-state index < -0.39 is 0 Å². The van der Waals surface area contributed by atoms with Gasteiger partial charge in [0.25, 0.3) is 0 Å². The molecule has 0 radical (unpaired) electrons. The number of carbonyl (C=O) groups excluding carboxylic acids is 1. The van der Waals surface area contributed by atoms with Gasteiger partial charge in [-0.3, -0.25) is 9.69 Å². The van der Waals surface area contributed by atoms with E-state index in [0.29, 0.717) is 23.2 Å². The van der Waals surface area contributed by atoms with Crippen LogP contribution in [-0.4, -0.2) is 43.0 Å². The number of ether oxygens (including phenoxy) is 1. The van der Waals surface area contributed by atoms with E-state index in [2.05, 4.69) is 11.8 Å². The van der Waals surface area contributed by atoms with E-state index in [4.69, 9.17) is 27.9 Å². The Kier molecular flexibility index (Phi) is 5.22. The van der Waals surface area contributed by atoms with Gasteiger partial charge in [0.2, 0.25) is 0 Å². The second-order valence-electron chi connectivity index (χ2n) is 4.63. The third-order valence-electron chi connectivity index (χ3n) is 3.34. The van der Waals surface area contributed by atoms with Crippen molar-refractivity contribution in [1.82, 2.24) is 4.90 Å². The number of rotatable bonds is 4. The van der Waals surface area contributed by atoms with Crippen LogP contribution >= 0.6 is 23.2 Å². The smallest absolute Gasteiger partial charge is 0.167 e. The van der Waals surface area contributed by atoms with Crippen LogP contribution in [0, 0.1) is 0 Å². The highest BCUT2D eigenvalue weighted by Crippen LogP contribution is 2.22. The van der Waals surface area contributed by atoms with Crippen molar-refractivity contribution >= 4 is 29.0 Å². The third kappa shape index (κ3) is 3.93. The summed E-state index contributed by atoms with van der Waals surface area (Å²) in [5, 5.41) is 1.11. The maximum atomic E-state index is 12.2. The van der Waals surface area contributed by atoms with E-state index in [1.807, 2.05) is 0 Å². The zero-order valence-corrected chi connectivity index (χ0v) is 12.4. The Labute approximate surface area is 123 Å². The highest BCUT2D eigenvalue weighted by molar-refractivity contribution is 6.35. The van der Waals surface area contributed by atoms with Gasteiger partial charge in [0.05, 0.1) is 6.61 Å².